The first kappa shape index (κ1) is 18.4. The number of hydrogen-bond donors (Lipinski definition) is 2. The third-order valence-electron chi connectivity index (χ3n) is 4.29. The average molecular weight is 349 g/mol. The molecular weight excluding hydrogens is 327 g/mol. The van der Waals surface area contributed by atoms with Crippen LogP contribution in [0.1, 0.15) is 30.0 Å². The summed E-state index contributed by atoms with van der Waals surface area (Å²) in [7, 11) is 0. The van der Waals surface area contributed by atoms with Gasteiger partial charge in [-0.2, -0.15) is 0 Å². The summed E-state index contributed by atoms with van der Waals surface area (Å²) in [6.07, 6.45) is 1.92. The van der Waals surface area contributed by atoms with Crippen LogP contribution in [0.4, 0.5) is 4.39 Å². The van der Waals surface area contributed by atoms with Gasteiger partial charge in [0.15, 0.2) is 0 Å². The van der Waals surface area contributed by atoms with Crippen LogP contribution in [0.25, 0.3) is 0 Å². The van der Waals surface area contributed by atoms with E-state index in [1.54, 1.807) is 12.1 Å². The second-order valence-electron chi connectivity index (χ2n) is 5.95. The molecule has 2 N–H and O–H groups in total. The number of halogens is 2. The van der Waals surface area contributed by atoms with E-state index < -0.39 is 0 Å². The molecule has 24 heavy (non-hydrogen) atoms. The number of piperidine rings is 1. The van der Waals surface area contributed by atoms with Gasteiger partial charge in [0.1, 0.15) is 5.82 Å². The van der Waals surface area contributed by atoms with E-state index in [2.05, 4.69) is 10.6 Å². The zero-order valence-electron chi connectivity index (χ0n) is 13.4. The summed E-state index contributed by atoms with van der Waals surface area (Å²) in [6, 6.07) is 15.9. The fraction of sp³-hybridized carbons (Fsp3) is 0.316. The maximum absolute atomic E-state index is 13.2. The molecule has 1 aliphatic heterocycles. The lowest BCUT2D eigenvalue weighted by Crippen LogP contribution is -2.42. The molecule has 128 valence electrons. The van der Waals surface area contributed by atoms with Crippen molar-refractivity contribution in [2.24, 2.45) is 5.92 Å². The molecule has 1 amide bonds. The summed E-state index contributed by atoms with van der Waals surface area (Å²) in [5.74, 6) is -0.228. The Balaban J connectivity index is 0.00000208. The van der Waals surface area contributed by atoms with Crippen LogP contribution in [0, 0.1) is 11.7 Å². The highest BCUT2D eigenvalue weighted by atomic mass is 35.5. The number of nitrogens with one attached hydrogen (secondary N) is 2. The molecule has 2 atom stereocenters. The molecule has 1 aliphatic rings. The molecule has 2 aromatic rings. The highest BCUT2D eigenvalue weighted by molar-refractivity contribution is 5.85. The average Bonchev–Trinajstić information content (AvgIpc) is 2.62. The van der Waals surface area contributed by atoms with E-state index in [0.717, 1.165) is 37.1 Å². The third kappa shape index (κ3) is 4.56. The molecule has 1 fully saturated rings. The lowest BCUT2D eigenvalue weighted by atomic mass is 9.95. The van der Waals surface area contributed by atoms with Gasteiger partial charge < -0.3 is 10.6 Å². The normalized spacial score (nSPS) is 18.3. The Bertz CT molecular complexity index is 642. The molecule has 3 nitrogen and oxygen atoms in total. The topological polar surface area (TPSA) is 41.1 Å². The van der Waals surface area contributed by atoms with E-state index >= 15 is 0 Å². The van der Waals surface area contributed by atoms with Gasteiger partial charge in [-0.25, -0.2) is 4.39 Å². The smallest absolute Gasteiger partial charge is 0.225 e. The molecule has 2 unspecified atom stereocenters. The number of hydrogen-bond acceptors (Lipinski definition) is 2. The minimum atomic E-state index is -0.275. The Labute approximate surface area is 148 Å². The summed E-state index contributed by atoms with van der Waals surface area (Å²) in [6.45, 7) is 1.70. The highest BCUT2D eigenvalue weighted by Gasteiger charge is 2.24. The Morgan fingerprint density at radius 1 is 1.08 bits per heavy atom. The predicted octanol–water partition coefficient (Wildman–Crippen LogP) is 3.45. The summed E-state index contributed by atoms with van der Waals surface area (Å²) in [4.78, 5) is 12.6. The van der Waals surface area contributed by atoms with Gasteiger partial charge in [-0.15, -0.1) is 12.4 Å². The lowest BCUT2D eigenvalue weighted by Gasteiger charge is -2.26. The van der Waals surface area contributed by atoms with E-state index in [9.17, 15) is 9.18 Å². The quantitative estimate of drug-likeness (QED) is 0.888. The number of benzene rings is 2. The van der Waals surface area contributed by atoms with Crippen molar-refractivity contribution in [2.75, 3.05) is 13.1 Å². The number of carbonyl (C=O) groups is 1. The van der Waals surface area contributed by atoms with Crippen molar-refractivity contribution in [1.82, 2.24) is 10.6 Å². The molecule has 0 saturated carbocycles. The molecule has 1 saturated heterocycles. The summed E-state index contributed by atoms with van der Waals surface area (Å²) >= 11 is 0. The first-order valence-electron chi connectivity index (χ1n) is 8.05. The molecule has 0 aromatic heterocycles. The van der Waals surface area contributed by atoms with Crippen LogP contribution in [0.2, 0.25) is 0 Å². The molecule has 0 bridgehead atoms. The maximum atomic E-state index is 13.2. The van der Waals surface area contributed by atoms with E-state index in [1.165, 1.54) is 12.1 Å². The molecule has 1 heterocycles. The van der Waals surface area contributed by atoms with Crippen molar-refractivity contribution >= 4 is 18.3 Å². The van der Waals surface area contributed by atoms with E-state index in [4.69, 9.17) is 0 Å². The van der Waals surface area contributed by atoms with Gasteiger partial charge in [0.25, 0.3) is 0 Å². The van der Waals surface area contributed by atoms with Gasteiger partial charge in [-0.05, 0) is 42.6 Å². The lowest BCUT2D eigenvalue weighted by molar-refractivity contribution is -0.126. The van der Waals surface area contributed by atoms with Crippen LogP contribution in [0.3, 0.4) is 0 Å². The standard InChI is InChI=1S/C19H21FN2O.ClH/c20-17-10-8-15(9-11-17)18(14-5-2-1-3-6-14)22-19(23)16-7-4-12-21-13-16;/h1-3,5-6,8-11,16,18,21H,4,7,12-13H2,(H,22,23);1H. The second-order valence-corrected chi connectivity index (χ2v) is 5.95. The fourth-order valence-corrected chi connectivity index (χ4v) is 3.00. The van der Waals surface area contributed by atoms with Crippen molar-refractivity contribution in [1.29, 1.82) is 0 Å². The van der Waals surface area contributed by atoms with Gasteiger partial charge in [0.2, 0.25) is 5.91 Å². The molecule has 0 radical (unpaired) electrons. The minimum Gasteiger partial charge on any atom is -0.345 e. The Hall–Kier alpha value is -1.91. The van der Waals surface area contributed by atoms with Crippen LogP contribution in [0.15, 0.2) is 54.6 Å². The predicted molar refractivity (Wildman–Crippen MR) is 95.7 cm³/mol. The SMILES string of the molecule is Cl.O=C(NC(c1ccccc1)c1ccc(F)cc1)C1CCCNC1. The molecule has 0 spiro atoms. The van der Waals surface area contributed by atoms with Crippen molar-refractivity contribution < 1.29 is 9.18 Å². The number of rotatable bonds is 4. The molecule has 5 heteroatoms. The van der Waals surface area contributed by atoms with Crippen LogP contribution in [-0.2, 0) is 4.79 Å². The second kappa shape index (κ2) is 8.81. The van der Waals surface area contributed by atoms with Gasteiger partial charge in [0, 0.05) is 6.54 Å². The van der Waals surface area contributed by atoms with E-state index in [1.807, 2.05) is 30.3 Å². The summed E-state index contributed by atoms with van der Waals surface area (Å²) < 4.78 is 13.2. The van der Waals surface area contributed by atoms with Crippen LogP contribution in [0.5, 0.6) is 0 Å². The van der Waals surface area contributed by atoms with Crippen LogP contribution >= 0.6 is 12.4 Å². The van der Waals surface area contributed by atoms with Gasteiger partial charge in [0.05, 0.1) is 12.0 Å². The number of amides is 1. The monoisotopic (exact) mass is 348 g/mol. The largest absolute Gasteiger partial charge is 0.345 e. The van der Waals surface area contributed by atoms with Crippen LogP contribution < -0.4 is 10.6 Å². The Morgan fingerprint density at radius 2 is 1.75 bits per heavy atom. The zero-order valence-corrected chi connectivity index (χ0v) is 14.2. The zero-order chi connectivity index (χ0) is 16.1. The molecule has 3 rings (SSSR count). The van der Waals surface area contributed by atoms with Gasteiger partial charge in [-0.1, -0.05) is 42.5 Å². The van der Waals surface area contributed by atoms with Crippen LogP contribution in [-0.4, -0.2) is 19.0 Å². The first-order chi connectivity index (χ1) is 11.2. The van der Waals surface area contributed by atoms with Gasteiger partial charge >= 0.3 is 0 Å². The first-order valence-corrected chi connectivity index (χ1v) is 8.05. The number of carbonyl (C=O) groups excluding carboxylic acids is 1. The summed E-state index contributed by atoms with van der Waals surface area (Å²) in [5.41, 5.74) is 1.88. The molecule has 0 aliphatic carbocycles. The van der Waals surface area contributed by atoms with E-state index in [-0.39, 0.29) is 36.1 Å². The third-order valence-corrected chi connectivity index (χ3v) is 4.29. The van der Waals surface area contributed by atoms with Crippen molar-refractivity contribution in [3.05, 3.63) is 71.5 Å². The maximum Gasteiger partial charge on any atom is 0.225 e. The summed E-state index contributed by atoms with van der Waals surface area (Å²) in [5, 5.41) is 6.40. The Kier molecular flexibility index (Phi) is 6.76. The molecule has 2 aromatic carbocycles. The fourth-order valence-electron chi connectivity index (χ4n) is 3.00. The van der Waals surface area contributed by atoms with Crippen molar-refractivity contribution in [2.45, 2.75) is 18.9 Å². The van der Waals surface area contributed by atoms with Gasteiger partial charge in [-0.3, -0.25) is 4.79 Å². The Morgan fingerprint density at radius 3 is 2.38 bits per heavy atom. The van der Waals surface area contributed by atoms with Crippen molar-refractivity contribution in [3.63, 3.8) is 0 Å². The van der Waals surface area contributed by atoms with Crippen molar-refractivity contribution in [3.8, 4) is 0 Å². The minimum absolute atomic E-state index is 0. The van der Waals surface area contributed by atoms with E-state index in [0.29, 0.717) is 0 Å². The molecular formula is C19H22ClFN2O. The highest BCUT2D eigenvalue weighted by Crippen LogP contribution is 2.23.